The van der Waals surface area contributed by atoms with E-state index < -0.39 is 0 Å². The van der Waals surface area contributed by atoms with E-state index in [9.17, 15) is 4.79 Å². The zero-order chi connectivity index (χ0) is 24.5. The van der Waals surface area contributed by atoms with Crippen LogP contribution in [0.4, 0.5) is 0 Å². The first-order valence-corrected chi connectivity index (χ1v) is 13.3. The zero-order valence-electron chi connectivity index (χ0n) is 21.5. The standard InChI is InChI=1S/C29H41N3O3/c1-23(33)32-15-10-24(11-16-32)6-7-26-19-27(22-30-21-26)18-25-8-9-28(34-2)29(20-25)35-17-5-14-31-12-3-4-13-31/h8-9,19-22,24H,3-7,10-18H2,1-2H3. The maximum absolute atomic E-state index is 11.5. The van der Waals surface area contributed by atoms with Gasteiger partial charge >= 0.3 is 0 Å². The van der Waals surface area contributed by atoms with Gasteiger partial charge in [-0.15, -0.1) is 0 Å². The highest BCUT2D eigenvalue weighted by molar-refractivity contribution is 5.73. The highest BCUT2D eigenvalue weighted by Crippen LogP contribution is 2.29. The summed E-state index contributed by atoms with van der Waals surface area (Å²) in [4.78, 5) is 20.6. The lowest BCUT2D eigenvalue weighted by Crippen LogP contribution is -2.37. The van der Waals surface area contributed by atoms with Gasteiger partial charge in [0, 0.05) is 39.0 Å². The van der Waals surface area contributed by atoms with Crippen molar-refractivity contribution in [2.45, 2.75) is 58.3 Å². The smallest absolute Gasteiger partial charge is 0.219 e. The number of ether oxygens (including phenoxy) is 2. The summed E-state index contributed by atoms with van der Waals surface area (Å²) in [5.41, 5.74) is 3.72. The summed E-state index contributed by atoms with van der Waals surface area (Å²) in [7, 11) is 1.70. The van der Waals surface area contributed by atoms with E-state index in [0.29, 0.717) is 12.5 Å². The highest BCUT2D eigenvalue weighted by Gasteiger charge is 2.20. The number of aromatic nitrogens is 1. The third-order valence-corrected chi connectivity index (χ3v) is 7.46. The summed E-state index contributed by atoms with van der Waals surface area (Å²) in [6.45, 7) is 7.74. The molecule has 2 aromatic rings. The van der Waals surface area contributed by atoms with Crippen molar-refractivity contribution in [3.8, 4) is 11.5 Å². The molecule has 1 aromatic heterocycles. The largest absolute Gasteiger partial charge is 0.493 e. The molecule has 2 aliphatic rings. The lowest BCUT2D eigenvalue weighted by atomic mass is 9.90. The Morgan fingerprint density at radius 2 is 1.77 bits per heavy atom. The molecule has 1 amide bonds. The molecule has 0 unspecified atom stereocenters. The lowest BCUT2D eigenvalue weighted by molar-refractivity contribution is -0.130. The van der Waals surface area contributed by atoms with Crippen LogP contribution in [0.25, 0.3) is 0 Å². The molecule has 190 valence electrons. The summed E-state index contributed by atoms with van der Waals surface area (Å²) in [6, 6.07) is 8.53. The van der Waals surface area contributed by atoms with E-state index in [1.54, 1.807) is 14.0 Å². The van der Waals surface area contributed by atoms with Crippen molar-refractivity contribution in [2.75, 3.05) is 46.4 Å². The average molecular weight is 480 g/mol. The number of benzene rings is 1. The SMILES string of the molecule is COc1ccc(Cc2cncc(CCC3CCN(C(C)=O)CC3)c2)cc1OCCCN1CCCC1. The van der Waals surface area contributed by atoms with Gasteiger partial charge in [0.1, 0.15) is 0 Å². The Balaban J connectivity index is 1.28. The quantitative estimate of drug-likeness (QED) is 0.436. The summed E-state index contributed by atoms with van der Waals surface area (Å²) in [5.74, 6) is 2.51. The first-order valence-electron chi connectivity index (χ1n) is 13.3. The van der Waals surface area contributed by atoms with Crippen LogP contribution in [-0.2, 0) is 17.6 Å². The molecule has 0 bridgehead atoms. The molecule has 35 heavy (non-hydrogen) atoms. The Labute approximate surface area is 210 Å². The van der Waals surface area contributed by atoms with Crippen molar-refractivity contribution in [3.63, 3.8) is 0 Å². The summed E-state index contributed by atoms with van der Waals surface area (Å²) in [6.07, 6.45) is 12.9. The van der Waals surface area contributed by atoms with E-state index in [-0.39, 0.29) is 5.91 Å². The number of hydrogen-bond acceptors (Lipinski definition) is 5. The number of likely N-dealkylation sites (tertiary alicyclic amines) is 2. The fourth-order valence-corrected chi connectivity index (χ4v) is 5.34. The van der Waals surface area contributed by atoms with Gasteiger partial charge in [-0.3, -0.25) is 9.78 Å². The number of hydrogen-bond donors (Lipinski definition) is 0. The zero-order valence-corrected chi connectivity index (χ0v) is 21.5. The minimum Gasteiger partial charge on any atom is -0.493 e. The van der Waals surface area contributed by atoms with Crippen molar-refractivity contribution in [1.29, 1.82) is 0 Å². The first kappa shape index (κ1) is 25.5. The third kappa shape index (κ3) is 7.69. The normalized spacial score (nSPS) is 17.0. The number of methoxy groups -OCH3 is 1. The Hall–Kier alpha value is -2.60. The molecule has 2 fully saturated rings. The number of carbonyl (C=O) groups is 1. The van der Waals surface area contributed by atoms with Crippen LogP contribution in [0.1, 0.15) is 62.1 Å². The van der Waals surface area contributed by atoms with Crippen molar-refractivity contribution in [2.24, 2.45) is 5.92 Å². The minimum atomic E-state index is 0.203. The molecule has 0 spiro atoms. The van der Waals surface area contributed by atoms with Gasteiger partial charge < -0.3 is 19.3 Å². The number of rotatable bonds is 11. The number of nitrogens with zero attached hydrogens (tertiary/aromatic N) is 3. The lowest BCUT2D eigenvalue weighted by Gasteiger charge is -2.31. The highest BCUT2D eigenvalue weighted by atomic mass is 16.5. The molecule has 6 heteroatoms. The Kier molecular flexibility index (Phi) is 9.41. The number of amides is 1. The maximum Gasteiger partial charge on any atom is 0.219 e. The van der Waals surface area contributed by atoms with Crippen LogP contribution < -0.4 is 9.47 Å². The predicted octanol–water partition coefficient (Wildman–Crippen LogP) is 4.74. The molecule has 0 saturated carbocycles. The van der Waals surface area contributed by atoms with Crippen molar-refractivity contribution in [3.05, 3.63) is 53.3 Å². The Morgan fingerprint density at radius 3 is 2.51 bits per heavy atom. The van der Waals surface area contributed by atoms with Gasteiger partial charge in [0.15, 0.2) is 11.5 Å². The van der Waals surface area contributed by atoms with Crippen LogP contribution in [0.2, 0.25) is 0 Å². The molecule has 0 N–H and O–H groups in total. The van der Waals surface area contributed by atoms with E-state index in [1.165, 1.54) is 42.6 Å². The van der Waals surface area contributed by atoms with Crippen molar-refractivity contribution >= 4 is 5.91 Å². The van der Waals surface area contributed by atoms with Gasteiger partial charge in [0.25, 0.3) is 0 Å². The second-order valence-electron chi connectivity index (χ2n) is 10.1. The molecular formula is C29H41N3O3. The first-order chi connectivity index (χ1) is 17.1. The summed E-state index contributed by atoms with van der Waals surface area (Å²) in [5, 5.41) is 0. The van der Waals surface area contributed by atoms with E-state index >= 15 is 0 Å². The molecule has 1 aromatic carbocycles. The van der Waals surface area contributed by atoms with Crippen LogP contribution in [-0.4, -0.2) is 67.1 Å². The van der Waals surface area contributed by atoms with Crippen LogP contribution in [0.3, 0.4) is 0 Å². The van der Waals surface area contributed by atoms with E-state index in [2.05, 4.69) is 28.1 Å². The second-order valence-corrected chi connectivity index (χ2v) is 10.1. The number of carbonyl (C=O) groups excluding carboxylic acids is 1. The molecule has 4 rings (SSSR count). The molecule has 0 radical (unpaired) electrons. The average Bonchev–Trinajstić information content (AvgIpc) is 3.40. The van der Waals surface area contributed by atoms with Gasteiger partial charge in [-0.1, -0.05) is 12.1 Å². The summed E-state index contributed by atoms with van der Waals surface area (Å²) >= 11 is 0. The van der Waals surface area contributed by atoms with Crippen LogP contribution in [0.15, 0.2) is 36.7 Å². The molecule has 6 nitrogen and oxygen atoms in total. The molecule has 2 aliphatic heterocycles. The fraction of sp³-hybridized carbons (Fsp3) is 0.586. The molecule has 3 heterocycles. The molecule has 0 atom stereocenters. The number of pyridine rings is 1. The monoisotopic (exact) mass is 479 g/mol. The van der Waals surface area contributed by atoms with Gasteiger partial charge in [-0.25, -0.2) is 0 Å². The predicted molar refractivity (Wildman–Crippen MR) is 139 cm³/mol. The van der Waals surface area contributed by atoms with E-state index in [1.807, 2.05) is 23.4 Å². The third-order valence-electron chi connectivity index (χ3n) is 7.46. The van der Waals surface area contributed by atoms with E-state index in [0.717, 1.165) is 69.7 Å². The topological polar surface area (TPSA) is 54.9 Å². The van der Waals surface area contributed by atoms with E-state index in [4.69, 9.17) is 9.47 Å². The van der Waals surface area contributed by atoms with Crippen LogP contribution in [0.5, 0.6) is 11.5 Å². The maximum atomic E-state index is 11.5. The summed E-state index contributed by atoms with van der Waals surface area (Å²) < 4.78 is 11.7. The molecular weight excluding hydrogens is 438 g/mol. The minimum absolute atomic E-state index is 0.203. The van der Waals surface area contributed by atoms with Gasteiger partial charge in [0.05, 0.1) is 13.7 Å². The Bertz CT molecular complexity index is 950. The molecule has 0 aliphatic carbocycles. The van der Waals surface area contributed by atoms with Gasteiger partial charge in [-0.05, 0) is 99.2 Å². The van der Waals surface area contributed by atoms with Gasteiger partial charge in [0.2, 0.25) is 5.91 Å². The second kappa shape index (κ2) is 12.9. The number of aryl methyl sites for hydroxylation is 1. The van der Waals surface area contributed by atoms with Crippen molar-refractivity contribution in [1.82, 2.24) is 14.8 Å². The molecule has 2 saturated heterocycles. The Morgan fingerprint density at radius 1 is 1.00 bits per heavy atom. The van der Waals surface area contributed by atoms with Crippen LogP contribution in [0, 0.1) is 5.92 Å². The number of piperidine rings is 1. The van der Waals surface area contributed by atoms with Crippen molar-refractivity contribution < 1.29 is 14.3 Å². The van der Waals surface area contributed by atoms with Gasteiger partial charge in [-0.2, -0.15) is 0 Å². The van der Waals surface area contributed by atoms with Crippen LogP contribution >= 0.6 is 0 Å². The fourth-order valence-electron chi connectivity index (χ4n) is 5.34.